The van der Waals surface area contributed by atoms with Crippen LogP contribution in [-0.4, -0.2) is 19.9 Å². The normalized spacial score (nSPS) is 13.0. The fourth-order valence-corrected chi connectivity index (χ4v) is 2.75. The van der Waals surface area contributed by atoms with Crippen LogP contribution >= 0.6 is 11.3 Å². The number of aliphatic hydroxyl groups is 1. The number of hydrogen-bond donors (Lipinski definition) is 1. The highest BCUT2D eigenvalue weighted by atomic mass is 32.1. The number of rotatable bonds is 3. The number of para-hydroxylation sites is 1. The van der Waals surface area contributed by atoms with Gasteiger partial charge in [0.2, 0.25) is 0 Å². The van der Waals surface area contributed by atoms with Gasteiger partial charge >= 0.3 is 0 Å². The Morgan fingerprint density at radius 2 is 2.22 bits per heavy atom. The second kappa shape index (κ2) is 4.51. The highest BCUT2D eigenvalue weighted by Crippen LogP contribution is 2.26. The van der Waals surface area contributed by atoms with Gasteiger partial charge in [0, 0.05) is 29.9 Å². The van der Waals surface area contributed by atoms with Crippen molar-refractivity contribution < 1.29 is 5.11 Å². The molecular formula is C13H13N3OS. The smallest absolute Gasteiger partial charge is 0.103 e. The third-order valence-electron chi connectivity index (χ3n) is 2.98. The SMILES string of the molecule is Cn1nc(C(O)Cc2cncs2)c2ccccc21. The Morgan fingerprint density at radius 3 is 3.00 bits per heavy atom. The molecule has 0 radical (unpaired) electrons. The van der Waals surface area contributed by atoms with Crippen LogP contribution < -0.4 is 0 Å². The van der Waals surface area contributed by atoms with Crippen molar-refractivity contribution in [2.24, 2.45) is 7.05 Å². The average Bonchev–Trinajstić information content (AvgIpc) is 2.98. The van der Waals surface area contributed by atoms with Gasteiger partial charge in [0.1, 0.15) is 6.10 Å². The van der Waals surface area contributed by atoms with Gasteiger partial charge in [-0.3, -0.25) is 9.67 Å². The van der Waals surface area contributed by atoms with Crippen LogP contribution in [0.2, 0.25) is 0 Å². The first-order chi connectivity index (χ1) is 8.75. The summed E-state index contributed by atoms with van der Waals surface area (Å²) >= 11 is 1.55. The molecule has 18 heavy (non-hydrogen) atoms. The maximum Gasteiger partial charge on any atom is 0.103 e. The molecule has 2 aromatic heterocycles. The number of aromatic nitrogens is 3. The molecule has 0 aliphatic rings. The van der Waals surface area contributed by atoms with E-state index in [1.807, 2.05) is 31.3 Å². The van der Waals surface area contributed by atoms with Crippen molar-refractivity contribution >= 4 is 22.2 Å². The summed E-state index contributed by atoms with van der Waals surface area (Å²) in [4.78, 5) is 5.09. The minimum atomic E-state index is -0.587. The molecule has 0 spiro atoms. The lowest BCUT2D eigenvalue weighted by Gasteiger charge is -2.06. The van der Waals surface area contributed by atoms with Crippen LogP contribution in [0.25, 0.3) is 10.9 Å². The van der Waals surface area contributed by atoms with Crippen LogP contribution in [0.1, 0.15) is 16.7 Å². The summed E-state index contributed by atoms with van der Waals surface area (Å²) in [6, 6.07) is 7.94. The molecule has 4 nitrogen and oxygen atoms in total. The number of aliphatic hydroxyl groups excluding tert-OH is 1. The van der Waals surface area contributed by atoms with E-state index < -0.39 is 6.10 Å². The minimum absolute atomic E-state index is 0.561. The van der Waals surface area contributed by atoms with Crippen LogP contribution in [-0.2, 0) is 13.5 Å². The van der Waals surface area contributed by atoms with Gasteiger partial charge in [-0.2, -0.15) is 5.10 Å². The van der Waals surface area contributed by atoms with E-state index in [-0.39, 0.29) is 0 Å². The summed E-state index contributed by atoms with van der Waals surface area (Å²) in [5, 5.41) is 15.7. The largest absolute Gasteiger partial charge is 0.386 e. The van der Waals surface area contributed by atoms with E-state index >= 15 is 0 Å². The molecule has 2 heterocycles. The molecule has 0 fully saturated rings. The van der Waals surface area contributed by atoms with Crippen molar-refractivity contribution in [3.63, 3.8) is 0 Å². The van der Waals surface area contributed by atoms with E-state index in [0.29, 0.717) is 6.42 Å². The van der Waals surface area contributed by atoms with E-state index in [1.54, 1.807) is 27.7 Å². The fourth-order valence-electron chi connectivity index (χ4n) is 2.12. The molecule has 0 saturated heterocycles. The van der Waals surface area contributed by atoms with Crippen LogP contribution in [0, 0.1) is 0 Å². The maximum atomic E-state index is 10.3. The Kier molecular flexibility index (Phi) is 2.85. The first kappa shape index (κ1) is 11.4. The summed E-state index contributed by atoms with van der Waals surface area (Å²) in [6.07, 6.45) is 1.77. The van der Waals surface area contributed by atoms with E-state index in [1.165, 1.54) is 0 Å². The molecule has 0 aliphatic heterocycles. The summed E-state index contributed by atoms with van der Waals surface area (Å²) < 4.78 is 1.81. The number of fused-ring (bicyclic) bond motifs is 1. The zero-order valence-corrected chi connectivity index (χ0v) is 10.8. The molecular weight excluding hydrogens is 246 g/mol. The first-order valence-corrected chi connectivity index (χ1v) is 6.61. The molecule has 1 aromatic carbocycles. The van der Waals surface area contributed by atoms with E-state index in [9.17, 15) is 5.11 Å². The van der Waals surface area contributed by atoms with E-state index in [2.05, 4.69) is 10.1 Å². The second-order valence-electron chi connectivity index (χ2n) is 4.21. The molecule has 0 bridgehead atoms. The molecule has 1 atom stereocenters. The van der Waals surface area contributed by atoms with Gasteiger partial charge in [-0.1, -0.05) is 18.2 Å². The lowest BCUT2D eigenvalue weighted by atomic mass is 10.1. The number of benzene rings is 1. The Bertz CT molecular complexity index is 660. The Morgan fingerprint density at radius 1 is 1.39 bits per heavy atom. The lowest BCUT2D eigenvalue weighted by molar-refractivity contribution is 0.175. The highest BCUT2D eigenvalue weighted by molar-refractivity contribution is 7.09. The van der Waals surface area contributed by atoms with Crippen LogP contribution in [0.4, 0.5) is 0 Å². The van der Waals surface area contributed by atoms with Crippen molar-refractivity contribution in [2.75, 3.05) is 0 Å². The lowest BCUT2D eigenvalue weighted by Crippen LogP contribution is -2.03. The van der Waals surface area contributed by atoms with Crippen molar-refractivity contribution in [2.45, 2.75) is 12.5 Å². The van der Waals surface area contributed by atoms with Crippen molar-refractivity contribution in [3.05, 3.63) is 46.5 Å². The van der Waals surface area contributed by atoms with Gasteiger partial charge in [-0.05, 0) is 6.07 Å². The second-order valence-corrected chi connectivity index (χ2v) is 5.18. The number of aryl methyl sites for hydroxylation is 1. The summed E-state index contributed by atoms with van der Waals surface area (Å²) in [5.41, 5.74) is 3.55. The standard InChI is InChI=1S/C13H13N3OS/c1-16-11-5-3-2-4-10(11)13(15-16)12(17)6-9-7-14-8-18-9/h2-5,7-8,12,17H,6H2,1H3. The molecule has 92 valence electrons. The third kappa shape index (κ3) is 1.91. The van der Waals surface area contributed by atoms with Gasteiger partial charge in [0.15, 0.2) is 0 Å². The predicted molar refractivity (Wildman–Crippen MR) is 71.5 cm³/mol. The van der Waals surface area contributed by atoms with Gasteiger partial charge in [0.05, 0.1) is 16.7 Å². The number of nitrogens with zero attached hydrogens (tertiary/aromatic N) is 3. The third-order valence-corrected chi connectivity index (χ3v) is 3.78. The molecule has 1 N–H and O–H groups in total. The minimum Gasteiger partial charge on any atom is -0.386 e. The summed E-state index contributed by atoms with van der Waals surface area (Å²) in [7, 11) is 1.89. The average molecular weight is 259 g/mol. The molecule has 3 aromatic rings. The molecule has 3 rings (SSSR count). The zero-order valence-electron chi connectivity index (χ0n) is 9.95. The fraction of sp³-hybridized carbons (Fsp3) is 0.231. The Labute approximate surface area is 109 Å². The first-order valence-electron chi connectivity index (χ1n) is 5.73. The van der Waals surface area contributed by atoms with Gasteiger partial charge in [-0.25, -0.2) is 0 Å². The predicted octanol–water partition coefficient (Wildman–Crippen LogP) is 2.31. The number of hydrogen-bond acceptors (Lipinski definition) is 4. The summed E-state index contributed by atoms with van der Waals surface area (Å²) in [6.45, 7) is 0. The molecule has 1 unspecified atom stereocenters. The maximum absolute atomic E-state index is 10.3. The van der Waals surface area contributed by atoms with Crippen LogP contribution in [0.5, 0.6) is 0 Å². The molecule has 5 heteroatoms. The Balaban J connectivity index is 1.98. The topological polar surface area (TPSA) is 50.9 Å². The molecule has 0 amide bonds. The van der Waals surface area contributed by atoms with Crippen molar-refractivity contribution in [1.29, 1.82) is 0 Å². The number of thiazole rings is 1. The van der Waals surface area contributed by atoms with Gasteiger partial charge in [-0.15, -0.1) is 11.3 Å². The van der Waals surface area contributed by atoms with Gasteiger partial charge in [0.25, 0.3) is 0 Å². The van der Waals surface area contributed by atoms with Crippen LogP contribution in [0.3, 0.4) is 0 Å². The van der Waals surface area contributed by atoms with E-state index in [0.717, 1.165) is 21.5 Å². The quantitative estimate of drug-likeness (QED) is 0.785. The molecule has 0 aliphatic carbocycles. The monoisotopic (exact) mass is 259 g/mol. The van der Waals surface area contributed by atoms with E-state index in [4.69, 9.17) is 0 Å². The van der Waals surface area contributed by atoms with Crippen molar-refractivity contribution in [3.8, 4) is 0 Å². The Hall–Kier alpha value is -1.72. The summed E-state index contributed by atoms with van der Waals surface area (Å²) in [5.74, 6) is 0. The zero-order chi connectivity index (χ0) is 12.5. The van der Waals surface area contributed by atoms with Crippen LogP contribution in [0.15, 0.2) is 36.0 Å². The van der Waals surface area contributed by atoms with Gasteiger partial charge < -0.3 is 5.11 Å². The van der Waals surface area contributed by atoms with Crippen molar-refractivity contribution in [1.82, 2.24) is 14.8 Å². The molecule has 0 saturated carbocycles. The highest BCUT2D eigenvalue weighted by Gasteiger charge is 2.17.